The molecule has 0 aliphatic carbocycles. The Morgan fingerprint density at radius 1 is 1.35 bits per heavy atom. The van der Waals surface area contributed by atoms with Crippen molar-refractivity contribution in [3.05, 3.63) is 0 Å². The van der Waals surface area contributed by atoms with Crippen LogP contribution in [0.1, 0.15) is 52.9 Å². The van der Waals surface area contributed by atoms with Crippen molar-refractivity contribution in [1.82, 2.24) is 10.2 Å². The smallest absolute Gasteiger partial charge is 0.0603 e. The maximum atomic E-state index is 9.81. The van der Waals surface area contributed by atoms with Crippen molar-refractivity contribution >= 4 is 0 Å². The lowest BCUT2D eigenvalue weighted by Crippen LogP contribution is -2.40. The molecule has 1 saturated heterocycles. The van der Waals surface area contributed by atoms with E-state index in [1.807, 2.05) is 13.8 Å². The summed E-state index contributed by atoms with van der Waals surface area (Å²) in [6.07, 6.45) is 6.00. The minimum absolute atomic E-state index is 0.534. The molecule has 0 radical (unpaired) electrons. The van der Waals surface area contributed by atoms with Gasteiger partial charge in [-0.25, -0.2) is 0 Å². The van der Waals surface area contributed by atoms with Crippen molar-refractivity contribution in [1.29, 1.82) is 0 Å². The first-order valence-electron chi connectivity index (χ1n) is 7.19. The quantitative estimate of drug-likeness (QED) is 0.683. The molecule has 0 amide bonds. The second-order valence-corrected chi connectivity index (χ2v) is 6.01. The van der Waals surface area contributed by atoms with Crippen LogP contribution in [0.5, 0.6) is 0 Å². The van der Waals surface area contributed by atoms with Crippen molar-refractivity contribution < 1.29 is 5.11 Å². The van der Waals surface area contributed by atoms with E-state index in [0.29, 0.717) is 6.04 Å². The molecule has 1 heterocycles. The van der Waals surface area contributed by atoms with Gasteiger partial charge in [0.1, 0.15) is 0 Å². The van der Waals surface area contributed by atoms with Crippen LogP contribution in [0, 0.1) is 0 Å². The normalized spacial score (nSPS) is 21.4. The van der Waals surface area contributed by atoms with Crippen LogP contribution in [0.25, 0.3) is 0 Å². The Morgan fingerprint density at radius 2 is 2.12 bits per heavy atom. The molecule has 0 aromatic rings. The Labute approximate surface area is 107 Å². The van der Waals surface area contributed by atoms with E-state index >= 15 is 0 Å². The largest absolute Gasteiger partial charge is 0.390 e. The predicted octanol–water partition coefficient (Wildman–Crippen LogP) is 2.00. The van der Waals surface area contributed by atoms with Gasteiger partial charge in [-0.15, -0.1) is 0 Å². The van der Waals surface area contributed by atoms with Gasteiger partial charge < -0.3 is 15.3 Å². The van der Waals surface area contributed by atoms with Crippen LogP contribution in [0.4, 0.5) is 0 Å². The third-order valence-electron chi connectivity index (χ3n) is 3.51. The molecular weight excluding hydrogens is 212 g/mol. The van der Waals surface area contributed by atoms with Gasteiger partial charge >= 0.3 is 0 Å². The first-order chi connectivity index (χ1) is 8.01. The topological polar surface area (TPSA) is 35.5 Å². The van der Waals surface area contributed by atoms with Gasteiger partial charge in [0.05, 0.1) is 5.60 Å². The standard InChI is InChI=1S/C14H30N2O/c1-4-5-10-16(11-8-14(2,3)17)12-13-7-6-9-15-13/h13,15,17H,4-12H2,1-3H3. The molecule has 1 unspecified atom stereocenters. The van der Waals surface area contributed by atoms with Gasteiger partial charge in [-0.05, 0) is 52.6 Å². The predicted molar refractivity (Wildman–Crippen MR) is 73.3 cm³/mol. The number of nitrogens with zero attached hydrogens (tertiary/aromatic N) is 1. The molecule has 0 aromatic heterocycles. The number of rotatable bonds is 8. The highest BCUT2D eigenvalue weighted by Crippen LogP contribution is 2.12. The summed E-state index contributed by atoms with van der Waals surface area (Å²) in [7, 11) is 0. The molecule has 1 aliphatic heterocycles. The van der Waals surface area contributed by atoms with Crippen molar-refractivity contribution in [3.63, 3.8) is 0 Å². The van der Waals surface area contributed by atoms with Gasteiger partial charge in [-0.1, -0.05) is 13.3 Å². The Balaban J connectivity index is 2.30. The van der Waals surface area contributed by atoms with Gasteiger partial charge in [0, 0.05) is 19.1 Å². The summed E-state index contributed by atoms with van der Waals surface area (Å²) in [6.45, 7) is 10.6. The lowest BCUT2D eigenvalue weighted by Gasteiger charge is -2.28. The minimum atomic E-state index is -0.534. The number of hydrogen-bond acceptors (Lipinski definition) is 3. The molecule has 1 aliphatic rings. The lowest BCUT2D eigenvalue weighted by molar-refractivity contribution is 0.0563. The second kappa shape index (κ2) is 7.34. The van der Waals surface area contributed by atoms with Crippen molar-refractivity contribution in [3.8, 4) is 0 Å². The highest BCUT2D eigenvalue weighted by molar-refractivity contribution is 4.79. The average Bonchev–Trinajstić information content (AvgIpc) is 2.73. The van der Waals surface area contributed by atoms with Gasteiger partial charge in [-0.2, -0.15) is 0 Å². The van der Waals surface area contributed by atoms with E-state index < -0.39 is 5.60 Å². The summed E-state index contributed by atoms with van der Waals surface area (Å²) >= 11 is 0. The summed E-state index contributed by atoms with van der Waals surface area (Å²) in [5.41, 5.74) is -0.534. The van der Waals surface area contributed by atoms with E-state index in [1.165, 1.54) is 38.8 Å². The molecule has 17 heavy (non-hydrogen) atoms. The summed E-state index contributed by atoms with van der Waals surface area (Å²) in [6, 6.07) is 0.675. The van der Waals surface area contributed by atoms with Crippen LogP contribution < -0.4 is 5.32 Å². The molecule has 3 heteroatoms. The van der Waals surface area contributed by atoms with Gasteiger partial charge in [-0.3, -0.25) is 0 Å². The fourth-order valence-electron chi connectivity index (χ4n) is 2.33. The van der Waals surface area contributed by atoms with E-state index in [2.05, 4.69) is 17.1 Å². The van der Waals surface area contributed by atoms with E-state index in [4.69, 9.17) is 0 Å². The van der Waals surface area contributed by atoms with Crippen LogP contribution in [-0.4, -0.2) is 47.8 Å². The molecule has 1 atom stereocenters. The van der Waals surface area contributed by atoms with Crippen LogP contribution in [0.3, 0.4) is 0 Å². The van der Waals surface area contributed by atoms with Crippen LogP contribution >= 0.6 is 0 Å². The molecule has 0 aromatic carbocycles. The third kappa shape index (κ3) is 7.02. The van der Waals surface area contributed by atoms with Crippen LogP contribution in [0.2, 0.25) is 0 Å². The van der Waals surface area contributed by atoms with Crippen molar-refractivity contribution in [2.24, 2.45) is 0 Å². The monoisotopic (exact) mass is 242 g/mol. The summed E-state index contributed by atoms with van der Waals surface area (Å²) in [4.78, 5) is 2.52. The molecule has 0 saturated carbocycles. The van der Waals surface area contributed by atoms with Gasteiger partial charge in [0.15, 0.2) is 0 Å². The van der Waals surface area contributed by atoms with E-state index in [9.17, 15) is 5.11 Å². The zero-order chi connectivity index (χ0) is 12.7. The molecule has 2 N–H and O–H groups in total. The number of unbranched alkanes of at least 4 members (excludes halogenated alkanes) is 1. The maximum Gasteiger partial charge on any atom is 0.0603 e. The van der Waals surface area contributed by atoms with Gasteiger partial charge in [0.2, 0.25) is 0 Å². The average molecular weight is 242 g/mol. The Hall–Kier alpha value is -0.120. The molecular formula is C14H30N2O. The molecule has 0 bridgehead atoms. The maximum absolute atomic E-state index is 9.81. The minimum Gasteiger partial charge on any atom is -0.390 e. The lowest BCUT2D eigenvalue weighted by atomic mass is 10.0. The number of hydrogen-bond donors (Lipinski definition) is 2. The molecule has 1 rings (SSSR count). The van der Waals surface area contributed by atoms with Crippen LogP contribution in [0.15, 0.2) is 0 Å². The second-order valence-electron chi connectivity index (χ2n) is 6.01. The van der Waals surface area contributed by atoms with Crippen molar-refractivity contribution in [2.45, 2.75) is 64.5 Å². The number of aliphatic hydroxyl groups is 1. The first kappa shape index (κ1) is 14.9. The molecule has 0 spiro atoms. The van der Waals surface area contributed by atoms with E-state index in [1.54, 1.807) is 0 Å². The molecule has 3 nitrogen and oxygen atoms in total. The fraction of sp³-hybridized carbons (Fsp3) is 1.00. The SMILES string of the molecule is CCCCN(CCC(C)(C)O)CC1CCCN1. The molecule has 102 valence electrons. The highest BCUT2D eigenvalue weighted by atomic mass is 16.3. The van der Waals surface area contributed by atoms with E-state index in [-0.39, 0.29) is 0 Å². The zero-order valence-corrected chi connectivity index (χ0v) is 11.8. The Bertz CT molecular complexity index is 195. The number of nitrogens with one attached hydrogen (secondary N) is 1. The third-order valence-corrected chi connectivity index (χ3v) is 3.51. The molecule has 1 fully saturated rings. The Kier molecular flexibility index (Phi) is 6.45. The zero-order valence-electron chi connectivity index (χ0n) is 11.8. The van der Waals surface area contributed by atoms with Gasteiger partial charge in [0.25, 0.3) is 0 Å². The summed E-state index contributed by atoms with van der Waals surface area (Å²) in [5, 5.41) is 13.4. The van der Waals surface area contributed by atoms with Crippen LogP contribution in [-0.2, 0) is 0 Å². The first-order valence-corrected chi connectivity index (χ1v) is 7.19. The van der Waals surface area contributed by atoms with E-state index in [0.717, 1.165) is 19.5 Å². The fourth-order valence-corrected chi connectivity index (χ4v) is 2.33. The Morgan fingerprint density at radius 3 is 2.65 bits per heavy atom. The summed E-state index contributed by atoms with van der Waals surface area (Å²) < 4.78 is 0. The summed E-state index contributed by atoms with van der Waals surface area (Å²) in [5.74, 6) is 0. The highest BCUT2D eigenvalue weighted by Gasteiger charge is 2.20. The van der Waals surface area contributed by atoms with Crippen molar-refractivity contribution in [2.75, 3.05) is 26.2 Å².